The van der Waals surface area contributed by atoms with E-state index in [2.05, 4.69) is 41.2 Å². The predicted molar refractivity (Wildman–Crippen MR) is 86.1 cm³/mol. The van der Waals surface area contributed by atoms with Gasteiger partial charge in [0.1, 0.15) is 0 Å². The zero-order chi connectivity index (χ0) is 15.1. The van der Waals surface area contributed by atoms with Gasteiger partial charge in [0, 0.05) is 45.5 Å². The number of hydrogen-bond donors (Lipinski definition) is 1. The summed E-state index contributed by atoms with van der Waals surface area (Å²) in [4.78, 5) is 7.03. The molecule has 0 saturated heterocycles. The van der Waals surface area contributed by atoms with Gasteiger partial charge in [0.15, 0.2) is 0 Å². The summed E-state index contributed by atoms with van der Waals surface area (Å²) in [6, 6.07) is 5.10. The van der Waals surface area contributed by atoms with E-state index in [4.69, 9.17) is 4.74 Å². The van der Waals surface area contributed by atoms with Crippen LogP contribution in [0.5, 0.6) is 0 Å². The molecule has 4 heteroatoms. The fourth-order valence-electron chi connectivity index (χ4n) is 2.40. The van der Waals surface area contributed by atoms with Gasteiger partial charge >= 0.3 is 0 Å². The average Bonchev–Trinajstić information content (AvgIpc) is 3.27. The minimum absolute atomic E-state index is 0.656. The Hall–Kier alpha value is -0.970. The highest BCUT2D eigenvalue weighted by Crippen LogP contribution is 2.19. The maximum Gasteiger partial charge on any atom is 0.0589 e. The van der Waals surface area contributed by atoms with Gasteiger partial charge in [-0.1, -0.05) is 19.9 Å². The molecule has 0 aromatic carbocycles. The maximum absolute atomic E-state index is 5.20. The Kier molecular flexibility index (Phi) is 6.61. The number of hydrogen-bond acceptors (Lipinski definition) is 4. The molecule has 0 amide bonds. The van der Waals surface area contributed by atoms with Crippen LogP contribution in [0.15, 0.2) is 18.3 Å². The van der Waals surface area contributed by atoms with Crippen LogP contribution < -0.4 is 5.32 Å². The number of nitrogens with one attached hydrogen (secondary N) is 1. The van der Waals surface area contributed by atoms with Crippen LogP contribution in [0.1, 0.15) is 37.9 Å². The summed E-state index contributed by atoms with van der Waals surface area (Å²) in [6.07, 6.45) is 4.67. The summed E-state index contributed by atoms with van der Waals surface area (Å²) in [5, 5.41) is 3.52. The van der Waals surface area contributed by atoms with E-state index in [1.54, 1.807) is 7.11 Å². The fraction of sp³-hybridized carbons (Fsp3) is 0.706. The normalized spacial score (nSPS) is 15.1. The second-order valence-corrected chi connectivity index (χ2v) is 6.43. The van der Waals surface area contributed by atoms with Gasteiger partial charge in [0.05, 0.1) is 12.3 Å². The van der Waals surface area contributed by atoms with Gasteiger partial charge < -0.3 is 10.1 Å². The Morgan fingerprint density at radius 3 is 2.76 bits per heavy atom. The molecule has 1 saturated carbocycles. The zero-order valence-electron chi connectivity index (χ0n) is 13.6. The van der Waals surface area contributed by atoms with E-state index in [1.165, 1.54) is 18.4 Å². The number of nitrogens with zero attached hydrogens (tertiary/aromatic N) is 2. The predicted octanol–water partition coefficient (Wildman–Crippen LogP) is 2.44. The van der Waals surface area contributed by atoms with Crippen LogP contribution in [-0.4, -0.2) is 42.7 Å². The highest BCUT2D eigenvalue weighted by Gasteiger charge is 2.19. The summed E-state index contributed by atoms with van der Waals surface area (Å²) in [5.74, 6) is 0.656. The van der Waals surface area contributed by atoms with Crippen LogP contribution in [0, 0.1) is 5.92 Å². The lowest BCUT2D eigenvalue weighted by Gasteiger charge is -2.23. The number of ether oxygens (including phenoxy) is 1. The van der Waals surface area contributed by atoms with Crippen LogP contribution in [-0.2, 0) is 17.8 Å². The number of rotatable bonds is 10. The lowest BCUT2D eigenvalue weighted by Crippen LogP contribution is -2.31. The Balaban J connectivity index is 1.82. The molecule has 0 spiro atoms. The van der Waals surface area contributed by atoms with E-state index in [9.17, 15) is 0 Å². The standard InChI is InChI=1S/C17H29N3O/c1-14(2)12-20(8-9-21-3)13-17-5-4-15(11-19-17)10-18-16-6-7-16/h4-5,11,14,16,18H,6-10,12-13H2,1-3H3. The van der Waals surface area contributed by atoms with Gasteiger partial charge in [0.2, 0.25) is 0 Å². The zero-order valence-corrected chi connectivity index (χ0v) is 13.6. The van der Waals surface area contributed by atoms with Crippen LogP contribution in [0.25, 0.3) is 0 Å². The second-order valence-electron chi connectivity index (χ2n) is 6.43. The van der Waals surface area contributed by atoms with Crippen molar-refractivity contribution in [3.8, 4) is 0 Å². The average molecular weight is 291 g/mol. The number of methoxy groups -OCH3 is 1. The van der Waals surface area contributed by atoms with E-state index in [0.717, 1.165) is 44.5 Å². The Bertz CT molecular complexity index is 401. The summed E-state index contributed by atoms with van der Waals surface area (Å²) in [7, 11) is 1.76. The molecular formula is C17H29N3O. The number of aromatic nitrogens is 1. The van der Waals surface area contributed by atoms with E-state index in [0.29, 0.717) is 5.92 Å². The lowest BCUT2D eigenvalue weighted by atomic mass is 10.2. The first-order valence-electron chi connectivity index (χ1n) is 8.06. The molecule has 21 heavy (non-hydrogen) atoms. The van der Waals surface area contributed by atoms with Crippen LogP contribution >= 0.6 is 0 Å². The lowest BCUT2D eigenvalue weighted by molar-refractivity contribution is 0.135. The molecule has 2 rings (SSSR count). The highest BCUT2D eigenvalue weighted by atomic mass is 16.5. The quantitative estimate of drug-likeness (QED) is 0.718. The molecule has 1 aliphatic rings. The van der Waals surface area contributed by atoms with Crippen molar-refractivity contribution in [1.82, 2.24) is 15.2 Å². The Labute approximate surface area is 128 Å². The number of pyridine rings is 1. The largest absolute Gasteiger partial charge is 0.383 e. The third-order valence-electron chi connectivity index (χ3n) is 3.68. The van der Waals surface area contributed by atoms with Crippen molar-refractivity contribution in [2.24, 2.45) is 5.92 Å². The minimum atomic E-state index is 0.656. The molecule has 1 aromatic heterocycles. The second kappa shape index (κ2) is 8.47. The van der Waals surface area contributed by atoms with Crippen molar-refractivity contribution in [3.05, 3.63) is 29.6 Å². The first-order valence-corrected chi connectivity index (χ1v) is 8.06. The highest BCUT2D eigenvalue weighted by molar-refractivity contribution is 5.14. The third kappa shape index (κ3) is 6.55. The molecule has 0 unspecified atom stereocenters. The van der Waals surface area contributed by atoms with Crippen molar-refractivity contribution >= 4 is 0 Å². The van der Waals surface area contributed by atoms with Crippen molar-refractivity contribution in [2.45, 2.75) is 45.8 Å². The fourth-order valence-corrected chi connectivity index (χ4v) is 2.40. The molecule has 0 atom stereocenters. The van der Waals surface area contributed by atoms with E-state index in [1.807, 2.05) is 6.20 Å². The molecule has 1 aliphatic carbocycles. The Morgan fingerprint density at radius 2 is 2.19 bits per heavy atom. The van der Waals surface area contributed by atoms with Gasteiger partial charge in [0.25, 0.3) is 0 Å². The van der Waals surface area contributed by atoms with Crippen molar-refractivity contribution in [2.75, 3.05) is 26.8 Å². The van der Waals surface area contributed by atoms with Gasteiger partial charge in [-0.15, -0.1) is 0 Å². The van der Waals surface area contributed by atoms with Gasteiger partial charge in [-0.25, -0.2) is 0 Å². The van der Waals surface area contributed by atoms with Crippen molar-refractivity contribution in [3.63, 3.8) is 0 Å². The van der Waals surface area contributed by atoms with E-state index >= 15 is 0 Å². The molecule has 4 nitrogen and oxygen atoms in total. The molecule has 1 fully saturated rings. The summed E-state index contributed by atoms with van der Waals surface area (Å²) < 4.78 is 5.20. The van der Waals surface area contributed by atoms with Crippen LogP contribution in [0.3, 0.4) is 0 Å². The summed E-state index contributed by atoms with van der Waals surface area (Å²) in [5.41, 5.74) is 2.42. The van der Waals surface area contributed by atoms with E-state index < -0.39 is 0 Å². The van der Waals surface area contributed by atoms with Crippen molar-refractivity contribution < 1.29 is 4.74 Å². The molecule has 1 aromatic rings. The maximum atomic E-state index is 5.20. The molecule has 118 valence electrons. The third-order valence-corrected chi connectivity index (χ3v) is 3.68. The minimum Gasteiger partial charge on any atom is -0.383 e. The van der Waals surface area contributed by atoms with Crippen LogP contribution in [0.2, 0.25) is 0 Å². The molecule has 1 N–H and O–H groups in total. The first-order chi connectivity index (χ1) is 10.2. The Morgan fingerprint density at radius 1 is 1.38 bits per heavy atom. The SMILES string of the molecule is COCCN(Cc1ccc(CNC2CC2)cn1)CC(C)C. The molecule has 0 radical (unpaired) electrons. The summed E-state index contributed by atoms with van der Waals surface area (Å²) >= 11 is 0. The molecule has 0 aliphatic heterocycles. The molecule has 0 bridgehead atoms. The van der Waals surface area contributed by atoms with Crippen LogP contribution in [0.4, 0.5) is 0 Å². The van der Waals surface area contributed by atoms with Gasteiger partial charge in [-0.05, 0) is 30.4 Å². The molecule has 1 heterocycles. The van der Waals surface area contributed by atoms with Gasteiger partial charge in [-0.3, -0.25) is 9.88 Å². The van der Waals surface area contributed by atoms with Gasteiger partial charge in [-0.2, -0.15) is 0 Å². The van der Waals surface area contributed by atoms with Crippen molar-refractivity contribution in [1.29, 1.82) is 0 Å². The molecular weight excluding hydrogens is 262 g/mol. The van der Waals surface area contributed by atoms with E-state index in [-0.39, 0.29) is 0 Å². The topological polar surface area (TPSA) is 37.4 Å². The first kappa shape index (κ1) is 16.4. The summed E-state index contributed by atoms with van der Waals surface area (Å²) in [6.45, 7) is 9.16. The smallest absolute Gasteiger partial charge is 0.0589 e. The monoisotopic (exact) mass is 291 g/mol.